The van der Waals surface area contributed by atoms with E-state index in [0.29, 0.717) is 11.1 Å². The highest BCUT2D eigenvalue weighted by molar-refractivity contribution is 6.32. The Morgan fingerprint density at radius 1 is 1.77 bits per heavy atom. The molecule has 0 saturated carbocycles. The fraction of sp³-hybridized carbons (Fsp3) is 0.300. The molecule has 0 aliphatic heterocycles. The van der Waals surface area contributed by atoms with Crippen LogP contribution in [0.15, 0.2) is 31.0 Å². The fourth-order valence-corrected chi connectivity index (χ4v) is 1.21. The van der Waals surface area contributed by atoms with Crippen molar-refractivity contribution in [2.75, 3.05) is 5.32 Å². The number of hydrogen-bond donors (Lipinski definition) is 1. The molecule has 0 bridgehead atoms. The smallest absolute Gasteiger partial charge is 0.144 e. The number of nitrogens with one attached hydrogen (secondary N) is 1. The zero-order valence-corrected chi connectivity index (χ0v) is 8.38. The predicted octanol–water partition coefficient (Wildman–Crippen LogP) is 3.11. The van der Waals surface area contributed by atoms with E-state index < -0.39 is 0 Å². The molecule has 1 unspecified atom stereocenters. The van der Waals surface area contributed by atoms with Crippen LogP contribution in [0, 0.1) is 0 Å². The first kappa shape index (κ1) is 10.1. The van der Waals surface area contributed by atoms with Crippen LogP contribution in [0.2, 0.25) is 5.02 Å². The molecule has 1 aromatic rings. The molecule has 0 aliphatic carbocycles. The first-order chi connectivity index (χ1) is 6.24. The molecule has 0 spiro atoms. The lowest BCUT2D eigenvalue weighted by atomic mass is 10.2. The number of hydrogen-bond acceptors (Lipinski definition) is 2. The predicted molar refractivity (Wildman–Crippen MR) is 57.1 cm³/mol. The van der Waals surface area contributed by atoms with E-state index in [-0.39, 0.29) is 0 Å². The maximum absolute atomic E-state index is 5.92. The molecule has 0 radical (unpaired) electrons. The van der Waals surface area contributed by atoms with Gasteiger partial charge in [0.05, 0.1) is 5.02 Å². The van der Waals surface area contributed by atoms with Crippen molar-refractivity contribution in [1.29, 1.82) is 0 Å². The van der Waals surface area contributed by atoms with E-state index in [0.717, 1.165) is 12.2 Å². The summed E-state index contributed by atoms with van der Waals surface area (Å²) in [5, 5.41) is 3.85. The maximum atomic E-state index is 5.92. The minimum absolute atomic E-state index is 0.310. The van der Waals surface area contributed by atoms with E-state index in [4.69, 9.17) is 11.6 Å². The Bertz CT molecular complexity index is 286. The average Bonchev–Trinajstić information content (AvgIpc) is 2.09. The molecule has 1 rings (SSSR count). The summed E-state index contributed by atoms with van der Waals surface area (Å²) < 4.78 is 0. The van der Waals surface area contributed by atoms with E-state index in [1.54, 1.807) is 6.20 Å². The summed E-state index contributed by atoms with van der Waals surface area (Å²) in [6, 6.07) is 3.94. The first-order valence-corrected chi connectivity index (χ1v) is 4.59. The summed E-state index contributed by atoms with van der Waals surface area (Å²) in [6.45, 7) is 5.73. The van der Waals surface area contributed by atoms with Crippen LogP contribution in [0.5, 0.6) is 0 Å². The Morgan fingerprint density at radius 3 is 3.15 bits per heavy atom. The van der Waals surface area contributed by atoms with Gasteiger partial charge in [-0.05, 0) is 25.5 Å². The van der Waals surface area contributed by atoms with Crippen molar-refractivity contribution in [2.24, 2.45) is 0 Å². The highest BCUT2D eigenvalue weighted by Crippen LogP contribution is 2.18. The van der Waals surface area contributed by atoms with Crippen molar-refractivity contribution in [1.82, 2.24) is 4.98 Å². The molecule has 2 nitrogen and oxygen atoms in total. The van der Waals surface area contributed by atoms with Crippen LogP contribution in [-0.4, -0.2) is 11.0 Å². The summed E-state index contributed by atoms with van der Waals surface area (Å²) in [7, 11) is 0. The Balaban J connectivity index is 2.63. The number of pyridine rings is 1. The third-order valence-electron chi connectivity index (χ3n) is 1.66. The van der Waals surface area contributed by atoms with Crippen molar-refractivity contribution in [3.05, 3.63) is 36.0 Å². The summed E-state index contributed by atoms with van der Waals surface area (Å²) >= 11 is 5.92. The normalized spacial score (nSPS) is 12.2. The lowest BCUT2D eigenvalue weighted by molar-refractivity contribution is 0.807. The van der Waals surface area contributed by atoms with Gasteiger partial charge in [0.2, 0.25) is 0 Å². The Morgan fingerprint density at radius 2 is 2.54 bits per heavy atom. The minimum atomic E-state index is 0.310. The van der Waals surface area contributed by atoms with Gasteiger partial charge in [0.15, 0.2) is 0 Å². The largest absolute Gasteiger partial charge is 0.366 e. The monoisotopic (exact) mass is 196 g/mol. The van der Waals surface area contributed by atoms with Gasteiger partial charge in [0.25, 0.3) is 0 Å². The second-order valence-corrected chi connectivity index (χ2v) is 3.31. The quantitative estimate of drug-likeness (QED) is 0.749. The van der Waals surface area contributed by atoms with Crippen molar-refractivity contribution >= 4 is 17.4 Å². The second-order valence-electron chi connectivity index (χ2n) is 2.90. The van der Waals surface area contributed by atoms with Crippen LogP contribution in [0.4, 0.5) is 5.82 Å². The van der Waals surface area contributed by atoms with Crippen LogP contribution < -0.4 is 5.32 Å². The van der Waals surface area contributed by atoms with Crippen LogP contribution in [-0.2, 0) is 0 Å². The highest BCUT2D eigenvalue weighted by Gasteiger charge is 2.03. The zero-order chi connectivity index (χ0) is 9.68. The second kappa shape index (κ2) is 4.87. The van der Waals surface area contributed by atoms with Gasteiger partial charge in [0, 0.05) is 12.2 Å². The number of halogens is 1. The zero-order valence-electron chi connectivity index (χ0n) is 7.63. The van der Waals surface area contributed by atoms with Gasteiger partial charge < -0.3 is 5.32 Å². The molecule has 0 amide bonds. The molecule has 1 heterocycles. The van der Waals surface area contributed by atoms with E-state index >= 15 is 0 Å². The van der Waals surface area contributed by atoms with E-state index in [1.165, 1.54) is 0 Å². The van der Waals surface area contributed by atoms with E-state index in [9.17, 15) is 0 Å². The Labute approximate surface area is 83.6 Å². The van der Waals surface area contributed by atoms with Crippen LogP contribution in [0.3, 0.4) is 0 Å². The molecular weight excluding hydrogens is 184 g/mol. The van der Waals surface area contributed by atoms with Crippen molar-refractivity contribution in [3.63, 3.8) is 0 Å². The van der Waals surface area contributed by atoms with Crippen molar-refractivity contribution < 1.29 is 0 Å². The summed E-state index contributed by atoms with van der Waals surface area (Å²) in [5.74, 6) is 0.735. The number of nitrogens with zero attached hydrogens (tertiary/aromatic N) is 1. The average molecular weight is 197 g/mol. The van der Waals surface area contributed by atoms with Crippen LogP contribution in [0.1, 0.15) is 13.3 Å². The summed E-state index contributed by atoms with van der Waals surface area (Å²) in [6.07, 6.45) is 4.48. The fourth-order valence-electron chi connectivity index (χ4n) is 1.03. The van der Waals surface area contributed by atoms with E-state index in [1.807, 2.05) is 18.2 Å². The SMILES string of the molecule is C=CCC(C)Nc1ncccc1Cl. The lowest BCUT2D eigenvalue weighted by Crippen LogP contribution is -2.14. The Hall–Kier alpha value is -1.02. The van der Waals surface area contributed by atoms with Gasteiger partial charge >= 0.3 is 0 Å². The summed E-state index contributed by atoms with van der Waals surface area (Å²) in [5.41, 5.74) is 0. The van der Waals surface area contributed by atoms with E-state index in [2.05, 4.69) is 23.8 Å². The van der Waals surface area contributed by atoms with Crippen LogP contribution in [0.25, 0.3) is 0 Å². The topological polar surface area (TPSA) is 24.9 Å². The molecule has 0 aliphatic rings. The molecule has 0 fully saturated rings. The van der Waals surface area contributed by atoms with Gasteiger partial charge in [-0.15, -0.1) is 6.58 Å². The maximum Gasteiger partial charge on any atom is 0.144 e. The molecule has 1 N–H and O–H groups in total. The van der Waals surface area contributed by atoms with Gasteiger partial charge in [-0.25, -0.2) is 4.98 Å². The van der Waals surface area contributed by atoms with Gasteiger partial charge in [-0.3, -0.25) is 0 Å². The first-order valence-electron chi connectivity index (χ1n) is 4.22. The molecule has 0 aromatic carbocycles. The number of anilines is 1. The molecule has 70 valence electrons. The third kappa shape index (κ3) is 3.07. The van der Waals surface area contributed by atoms with Crippen molar-refractivity contribution in [3.8, 4) is 0 Å². The Kier molecular flexibility index (Phi) is 3.77. The molecule has 3 heteroatoms. The lowest BCUT2D eigenvalue weighted by Gasteiger charge is -2.12. The number of aromatic nitrogens is 1. The standard InChI is InChI=1S/C10H13ClN2/c1-3-5-8(2)13-10-9(11)6-4-7-12-10/h3-4,6-8H,1,5H2,2H3,(H,12,13). The molecule has 0 saturated heterocycles. The number of rotatable bonds is 4. The third-order valence-corrected chi connectivity index (χ3v) is 1.97. The minimum Gasteiger partial charge on any atom is -0.366 e. The molecule has 1 atom stereocenters. The molecule has 13 heavy (non-hydrogen) atoms. The van der Waals surface area contributed by atoms with Crippen molar-refractivity contribution in [2.45, 2.75) is 19.4 Å². The van der Waals surface area contributed by atoms with Gasteiger partial charge in [0.1, 0.15) is 5.82 Å². The highest BCUT2D eigenvalue weighted by atomic mass is 35.5. The van der Waals surface area contributed by atoms with Gasteiger partial charge in [-0.2, -0.15) is 0 Å². The van der Waals surface area contributed by atoms with Crippen LogP contribution >= 0.6 is 11.6 Å². The summed E-state index contributed by atoms with van der Waals surface area (Å²) in [4.78, 5) is 4.12. The van der Waals surface area contributed by atoms with Gasteiger partial charge in [-0.1, -0.05) is 17.7 Å². The molecular formula is C10H13ClN2. The molecule has 1 aromatic heterocycles.